The number of hydrogen-bond acceptors (Lipinski definition) is 3. The molecule has 0 aromatic carbocycles. The first-order valence-electron chi connectivity index (χ1n) is 11.6. The molecule has 0 aromatic heterocycles. The third-order valence-electron chi connectivity index (χ3n) is 10.1. The smallest absolute Gasteiger partial charge is 0.303 e. The quantitative estimate of drug-likeness (QED) is 0.730. The van der Waals surface area contributed by atoms with Crippen molar-refractivity contribution in [3.8, 4) is 0 Å². The number of carboxylic acids is 1. The number of Topliss-reactive ketones (excluding diaryl/α,β-unsaturated/α-hetero) is 1. The molecule has 4 saturated carbocycles. The maximum Gasteiger partial charge on any atom is 0.303 e. The fraction of sp³-hybridized carbons (Fsp3) is 0.917. The lowest BCUT2D eigenvalue weighted by Crippen LogP contribution is -2.58. The molecule has 4 heteroatoms. The Morgan fingerprint density at radius 2 is 1.82 bits per heavy atom. The highest BCUT2D eigenvalue weighted by atomic mass is 16.4. The summed E-state index contributed by atoms with van der Waals surface area (Å²) in [6, 6.07) is 0. The first kappa shape index (κ1) is 20.4. The lowest BCUT2D eigenvalue weighted by atomic mass is 9.44. The van der Waals surface area contributed by atoms with E-state index in [0.717, 1.165) is 19.3 Å². The highest BCUT2D eigenvalue weighted by Crippen LogP contribution is 2.68. The van der Waals surface area contributed by atoms with Crippen LogP contribution in [0, 0.1) is 46.3 Å². The highest BCUT2D eigenvalue weighted by Gasteiger charge is 2.62. The summed E-state index contributed by atoms with van der Waals surface area (Å²) in [5.41, 5.74) is 0.400. The van der Waals surface area contributed by atoms with Crippen molar-refractivity contribution in [2.75, 3.05) is 0 Å². The molecular weight excluding hydrogens is 352 g/mol. The molecule has 2 N–H and O–H groups in total. The molecule has 0 bridgehead atoms. The summed E-state index contributed by atoms with van der Waals surface area (Å²) in [7, 11) is 0. The number of aliphatic hydroxyl groups is 1. The molecule has 0 radical (unpaired) electrons. The van der Waals surface area contributed by atoms with Crippen LogP contribution in [0.25, 0.3) is 0 Å². The van der Waals surface area contributed by atoms with Crippen LogP contribution in [0.5, 0.6) is 0 Å². The fourth-order valence-corrected chi connectivity index (χ4v) is 8.62. The zero-order valence-corrected chi connectivity index (χ0v) is 17.8. The summed E-state index contributed by atoms with van der Waals surface area (Å²) >= 11 is 0. The van der Waals surface area contributed by atoms with Gasteiger partial charge in [-0.15, -0.1) is 0 Å². The van der Waals surface area contributed by atoms with Crippen molar-refractivity contribution < 1.29 is 19.8 Å². The van der Waals surface area contributed by atoms with Gasteiger partial charge in [0.1, 0.15) is 5.78 Å². The van der Waals surface area contributed by atoms with Crippen molar-refractivity contribution in [1.82, 2.24) is 0 Å². The van der Waals surface area contributed by atoms with E-state index in [2.05, 4.69) is 20.8 Å². The van der Waals surface area contributed by atoms with Gasteiger partial charge < -0.3 is 10.2 Å². The lowest BCUT2D eigenvalue weighted by molar-refractivity contribution is -0.166. The first-order chi connectivity index (χ1) is 13.2. The van der Waals surface area contributed by atoms with E-state index < -0.39 is 5.97 Å². The van der Waals surface area contributed by atoms with Crippen LogP contribution in [0.2, 0.25) is 0 Å². The third-order valence-corrected chi connectivity index (χ3v) is 10.1. The fourth-order valence-electron chi connectivity index (χ4n) is 8.62. The van der Waals surface area contributed by atoms with Gasteiger partial charge in [-0.3, -0.25) is 9.59 Å². The second kappa shape index (κ2) is 7.11. The number of aliphatic carboxylic acids is 1. The molecule has 0 aliphatic heterocycles. The Morgan fingerprint density at radius 1 is 1.11 bits per heavy atom. The number of hydrogen-bond donors (Lipinski definition) is 2. The Kier molecular flexibility index (Phi) is 5.17. The van der Waals surface area contributed by atoms with Crippen LogP contribution >= 0.6 is 0 Å². The highest BCUT2D eigenvalue weighted by molar-refractivity contribution is 5.79. The zero-order chi connectivity index (χ0) is 20.3. The van der Waals surface area contributed by atoms with Crippen molar-refractivity contribution in [2.45, 2.75) is 91.1 Å². The zero-order valence-electron chi connectivity index (χ0n) is 17.8. The average Bonchev–Trinajstić information content (AvgIpc) is 2.99. The van der Waals surface area contributed by atoms with E-state index in [4.69, 9.17) is 5.11 Å². The second-order valence-electron chi connectivity index (χ2n) is 11.2. The summed E-state index contributed by atoms with van der Waals surface area (Å²) in [6.45, 7) is 7.09. The SMILES string of the molecule is C[C@@H](CCC(=O)O)[C@@H]1CC[C@@H]2[C@@H]3C[C@@H](O)[C@@H]4CC(=O)CC[C@]4(C)[C@@H]3CC[C@@]21C. The monoisotopic (exact) mass is 390 g/mol. The predicted octanol–water partition coefficient (Wildman–Crippen LogP) is 4.69. The van der Waals surface area contributed by atoms with Crippen molar-refractivity contribution in [1.29, 1.82) is 0 Å². The van der Waals surface area contributed by atoms with Crippen LogP contribution in [0.15, 0.2) is 0 Å². The molecule has 0 heterocycles. The van der Waals surface area contributed by atoms with Gasteiger partial charge in [0.25, 0.3) is 0 Å². The standard InChI is InChI=1S/C24H38O4/c1-14(4-7-22(27)28)17-5-6-18-16-13-21(26)20-12-15(25)8-10-24(20,3)19(16)9-11-23(17,18)2/h14,16-21,26H,4-13H2,1-3H3,(H,27,28)/t14-,16-,17-,18+,19+,20-,21+,23+,24+/m0/s1. The Morgan fingerprint density at radius 3 is 2.54 bits per heavy atom. The van der Waals surface area contributed by atoms with Crippen molar-refractivity contribution in [3.05, 3.63) is 0 Å². The van der Waals surface area contributed by atoms with Crippen molar-refractivity contribution in [2.24, 2.45) is 46.3 Å². The minimum Gasteiger partial charge on any atom is -0.481 e. The van der Waals surface area contributed by atoms with Crippen LogP contribution in [-0.4, -0.2) is 28.1 Å². The molecule has 4 aliphatic rings. The van der Waals surface area contributed by atoms with E-state index >= 15 is 0 Å². The summed E-state index contributed by atoms with van der Waals surface area (Å²) in [6.07, 6.45) is 8.70. The van der Waals surface area contributed by atoms with E-state index in [9.17, 15) is 14.7 Å². The Labute approximate surface area is 169 Å². The number of fused-ring (bicyclic) bond motifs is 5. The summed E-state index contributed by atoms with van der Waals surface area (Å²) < 4.78 is 0. The van der Waals surface area contributed by atoms with E-state index in [-0.39, 0.29) is 29.3 Å². The van der Waals surface area contributed by atoms with Gasteiger partial charge in [0.15, 0.2) is 0 Å². The van der Waals surface area contributed by atoms with E-state index in [1.165, 1.54) is 25.7 Å². The Hall–Kier alpha value is -0.900. The summed E-state index contributed by atoms with van der Waals surface area (Å²) in [4.78, 5) is 23.1. The van der Waals surface area contributed by atoms with Gasteiger partial charge in [-0.2, -0.15) is 0 Å². The number of rotatable bonds is 4. The van der Waals surface area contributed by atoms with Gasteiger partial charge in [-0.25, -0.2) is 0 Å². The lowest BCUT2D eigenvalue weighted by Gasteiger charge is -2.61. The largest absolute Gasteiger partial charge is 0.481 e. The van der Waals surface area contributed by atoms with Gasteiger partial charge in [-0.05, 0) is 91.3 Å². The van der Waals surface area contributed by atoms with Gasteiger partial charge in [0.2, 0.25) is 0 Å². The van der Waals surface area contributed by atoms with E-state index in [0.29, 0.717) is 48.2 Å². The van der Waals surface area contributed by atoms with Gasteiger partial charge in [-0.1, -0.05) is 20.8 Å². The van der Waals surface area contributed by atoms with E-state index in [1.54, 1.807) is 0 Å². The molecule has 4 fully saturated rings. The molecule has 9 atom stereocenters. The van der Waals surface area contributed by atoms with Crippen LogP contribution in [0.1, 0.15) is 85.0 Å². The second-order valence-corrected chi connectivity index (χ2v) is 11.2. The normalized spacial score (nSPS) is 49.1. The molecule has 0 spiro atoms. The number of carbonyl (C=O) groups excluding carboxylic acids is 1. The molecule has 0 unspecified atom stereocenters. The molecule has 0 amide bonds. The van der Waals surface area contributed by atoms with Gasteiger partial charge >= 0.3 is 5.97 Å². The Bertz CT molecular complexity index is 645. The molecule has 4 nitrogen and oxygen atoms in total. The van der Waals surface area contributed by atoms with Crippen LogP contribution in [-0.2, 0) is 9.59 Å². The van der Waals surface area contributed by atoms with Crippen molar-refractivity contribution in [3.63, 3.8) is 0 Å². The first-order valence-corrected chi connectivity index (χ1v) is 11.6. The average molecular weight is 391 g/mol. The molecule has 158 valence electrons. The molecule has 4 aliphatic carbocycles. The summed E-state index contributed by atoms with van der Waals surface area (Å²) in [5, 5.41) is 20.1. The maximum absolute atomic E-state index is 12.1. The third kappa shape index (κ3) is 3.05. The van der Waals surface area contributed by atoms with Gasteiger partial charge in [0, 0.05) is 19.3 Å². The number of carbonyl (C=O) groups is 2. The van der Waals surface area contributed by atoms with Gasteiger partial charge in [0.05, 0.1) is 6.10 Å². The molecular formula is C24H38O4. The minimum atomic E-state index is -0.684. The molecule has 0 saturated heterocycles. The topological polar surface area (TPSA) is 74.6 Å². The van der Waals surface area contributed by atoms with Crippen LogP contribution < -0.4 is 0 Å². The predicted molar refractivity (Wildman–Crippen MR) is 108 cm³/mol. The number of aliphatic hydroxyl groups excluding tert-OH is 1. The number of ketones is 1. The van der Waals surface area contributed by atoms with E-state index in [1.807, 2.05) is 0 Å². The minimum absolute atomic E-state index is 0.116. The van der Waals surface area contributed by atoms with Crippen molar-refractivity contribution >= 4 is 11.8 Å². The molecule has 0 aromatic rings. The molecule has 4 rings (SSSR count). The van der Waals surface area contributed by atoms with Crippen LogP contribution in [0.3, 0.4) is 0 Å². The van der Waals surface area contributed by atoms with Crippen LogP contribution in [0.4, 0.5) is 0 Å². The summed E-state index contributed by atoms with van der Waals surface area (Å²) in [5.74, 6) is 2.73. The maximum atomic E-state index is 12.1. The molecule has 28 heavy (non-hydrogen) atoms. The Balaban J connectivity index is 1.55. The number of carboxylic acid groups (broad SMARTS) is 1.